The van der Waals surface area contributed by atoms with Crippen molar-refractivity contribution in [1.29, 1.82) is 0 Å². The SMILES string of the molecule is CCNC(=O)CCCOc1ccc(C(C)C)cc1. The van der Waals surface area contributed by atoms with Crippen molar-refractivity contribution in [2.24, 2.45) is 0 Å². The summed E-state index contributed by atoms with van der Waals surface area (Å²) in [6, 6.07) is 8.15. The Kier molecular flexibility index (Phi) is 6.26. The third-order valence-electron chi connectivity index (χ3n) is 2.74. The fourth-order valence-electron chi connectivity index (χ4n) is 1.66. The van der Waals surface area contributed by atoms with E-state index in [1.54, 1.807) is 0 Å². The van der Waals surface area contributed by atoms with E-state index in [0.717, 1.165) is 12.2 Å². The summed E-state index contributed by atoms with van der Waals surface area (Å²) in [4.78, 5) is 11.2. The fourth-order valence-corrected chi connectivity index (χ4v) is 1.66. The molecule has 0 atom stereocenters. The molecule has 3 nitrogen and oxygen atoms in total. The first-order chi connectivity index (χ1) is 8.63. The second-order valence-corrected chi connectivity index (χ2v) is 4.63. The fraction of sp³-hybridized carbons (Fsp3) is 0.533. The zero-order chi connectivity index (χ0) is 13.4. The van der Waals surface area contributed by atoms with Gasteiger partial charge in [0.05, 0.1) is 6.61 Å². The van der Waals surface area contributed by atoms with Crippen molar-refractivity contribution in [3.8, 4) is 5.75 Å². The second-order valence-electron chi connectivity index (χ2n) is 4.63. The van der Waals surface area contributed by atoms with Crippen LogP contribution in [0.25, 0.3) is 0 Å². The number of carbonyl (C=O) groups excluding carboxylic acids is 1. The lowest BCUT2D eigenvalue weighted by atomic mass is 10.0. The number of amides is 1. The lowest BCUT2D eigenvalue weighted by Gasteiger charge is -2.08. The summed E-state index contributed by atoms with van der Waals surface area (Å²) in [6.07, 6.45) is 1.27. The van der Waals surface area contributed by atoms with Crippen molar-refractivity contribution in [3.05, 3.63) is 29.8 Å². The molecule has 1 N–H and O–H groups in total. The van der Waals surface area contributed by atoms with Crippen LogP contribution < -0.4 is 10.1 Å². The Balaban J connectivity index is 2.25. The highest BCUT2D eigenvalue weighted by Gasteiger charge is 2.01. The van der Waals surface area contributed by atoms with Gasteiger partial charge in [0.15, 0.2) is 0 Å². The van der Waals surface area contributed by atoms with E-state index in [-0.39, 0.29) is 5.91 Å². The predicted molar refractivity (Wildman–Crippen MR) is 73.9 cm³/mol. The first-order valence-electron chi connectivity index (χ1n) is 6.63. The van der Waals surface area contributed by atoms with Crippen LogP contribution >= 0.6 is 0 Å². The molecule has 1 amide bonds. The lowest BCUT2D eigenvalue weighted by Crippen LogP contribution is -2.22. The third kappa shape index (κ3) is 5.21. The molecule has 0 aromatic heterocycles. The molecule has 0 saturated carbocycles. The van der Waals surface area contributed by atoms with Crippen LogP contribution in [0.4, 0.5) is 0 Å². The molecule has 0 spiro atoms. The quantitative estimate of drug-likeness (QED) is 0.754. The molecule has 0 heterocycles. The number of hydrogen-bond acceptors (Lipinski definition) is 2. The molecule has 100 valence electrons. The maximum Gasteiger partial charge on any atom is 0.220 e. The summed E-state index contributed by atoms with van der Waals surface area (Å²) < 4.78 is 5.59. The van der Waals surface area contributed by atoms with E-state index in [9.17, 15) is 4.79 Å². The van der Waals surface area contributed by atoms with Gasteiger partial charge in [-0.2, -0.15) is 0 Å². The van der Waals surface area contributed by atoms with Gasteiger partial charge in [-0.05, 0) is 37.0 Å². The molecule has 0 radical (unpaired) electrons. The van der Waals surface area contributed by atoms with Crippen molar-refractivity contribution in [3.63, 3.8) is 0 Å². The molecule has 0 saturated heterocycles. The van der Waals surface area contributed by atoms with Crippen molar-refractivity contribution in [2.75, 3.05) is 13.2 Å². The molecule has 0 fully saturated rings. The molecule has 1 aromatic carbocycles. The van der Waals surface area contributed by atoms with E-state index in [1.165, 1.54) is 5.56 Å². The maximum atomic E-state index is 11.2. The summed E-state index contributed by atoms with van der Waals surface area (Å²) in [5.41, 5.74) is 1.31. The minimum atomic E-state index is 0.0938. The van der Waals surface area contributed by atoms with Crippen LogP contribution in [-0.2, 0) is 4.79 Å². The Morgan fingerprint density at radius 3 is 2.50 bits per heavy atom. The Labute approximate surface area is 110 Å². The van der Waals surface area contributed by atoms with Crippen molar-refractivity contribution >= 4 is 5.91 Å². The monoisotopic (exact) mass is 249 g/mol. The van der Waals surface area contributed by atoms with Gasteiger partial charge in [0.25, 0.3) is 0 Å². The van der Waals surface area contributed by atoms with E-state index in [1.807, 2.05) is 19.1 Å². The van der Waals surface area contributed by atoms with Gasteiger partial charge in [-0.3, -0.25) is 4.79 Å². The van der Waals surface area contributed by atoms with Crippen LogP contribution in [-0.4, -0.2) is 19.1 Å². The Morgan fingerprint density at radius 1 is 1.28 bits per heavy atom. The number of hydrogen-bond donors (Lipinski definition) is 1. The number of nitrogens with one attached hydrogen (secondary N) is 1. The van der Waals surface area contributed by atoms with Crippen LogP contribution in [0.15, 0.2) is 24.3 Å². The number of rotatable bonds is 7. The van der Waals surface area contributed by atoms with E-state index < -0.39 is 0 Å². The van der Waals surface area contributed by atoms with E-state index in [2.05, 4.69) is 31.3 Å². The van der Waals surface area contributed by atoms with Gasteiger partial charge in [0.1, 0.15) is 5.75 Å². The summed E-state index contributed by atoms with van der Waals surface area (Å²) in [5, 5.41) is 2.77. The predicted octanol–water partition coefficient (Wildman–Crippen LogP) is 3.11. The highest BCUT2D eigenvalue weighted by atomic mass is 16.5. The summed E-state index contributed by atoms with van der Waals surface area (Å²) in [5.74, 6) is 1.50. The first kappa shape index (κ1) is 14.6. The topological polar surface area (TPSA) is 38.3 Å². The average Bonchev–Trinajstić information content (AvgIpc) is 2.35. The number of ether oxygens (including phenoxy) is 1. The summed E-state index contributed by atoms with van der Waals surface area (Å²) in [7, 11) is 0. The molecule has 1 aromatic rings. The first-order valence-corrected chi connectivity index (χ1v) is 6.63. The van der Waals surface area contributed by atoms with Crippen molar-refractivity contribution in [2.45, 2.75) is 39.5 Å². The minimum Gasteiger partial charge on any atom is -0.494 e. The second kappa shape index (κ2) is 7.75. The van der Waals surface area contributed by atoms with Crippen molar-refractivity contribution in [1.82, 2.24) is 5.32 Å². The summed E-state index contributed by atoms with van der Waals surface area (Å²) >= 11 is 0. The molecule has 0 unspecified atom stereocenters. The standard InChI is InChI=1S/C15H23NO2/c1-4-16-15(17)6-5-11-18-14-9-7-13(8-10-14)12(2)3/h7-10,12H,4-6,11H2,1-3H3,(H,16,17). The smallest absolute Gasteiger partial charge is 0.220 e. The Bertz CT molecular complexity index is 357. The molecule has 0 bridgehead atoms. The van der Waals surface area contributed by atoms with Gasteiger partial charge in [-0.1, -0.05) is 26.0 Å². The zero-order valence-corrected chi connectivity index (χ0v) is 11.5. The van der Waals surface area contributed by atoms with Gasteiger partial charge < -0.3 is 10.1 Å². The number of carbonyl (C=O) groups is 1. The van der Waals surface area contributed by atoms with Crippen LogP contribution in [0.2, 0.25) is 0 Å². The molecule has 0 aliphatic heterocycles. The third-order valence-corrected chi connectivity index (χ3v) is 2.74. The van der Waals surface area contributed by atoms with E-state index >= 15 is 0 Å². The lowest BCUT2D eigenvalue weighted by molar-refractivity contribution is -0.121. The highest BCUT2D eigenvalue weighted by molar-refractivity contribution is 5.75. The van der Waals surface area contributed by atoms with E-state index in [0.29, 0.717) is 25.5 Å². The summed E-state index contributed by atoms with van der Waals surface area (Å²) in [6.45, 7) is 7.53. The van der Waals surface area contributed by atoms with Gasteiger partial charge in [0, 0.05) is 13.0 Å². The Morgan fingerprint density at radius 2 is 1.94 bits per heavy atom. The normalized spacial score (nSPS) is 10.4. The maximum absolute atomic E-state index is 11.2. The van der Waals surface area contributed by atoms with Crippen LogP contribution in [0.3, 0.4) is 0 Å². The van der Waals surface area contributed by atoms with Gasteiger partial charge >= 0.3 is 0 Å². The molecule has 0 aliphatic carbocycles. The largest absolute Gasteiger partial charge is 0.494 e. The molecule has 3 heteroatoms. The minimum absolute atomic E-state index is 0.0938. The van der Waals surface area contributed by atoms with Crippen molar-refractivity contribution < 1.29 is 9.53 Å². The van der Waals surface area contributed by atoms with Gasteiger partial charge in [-0.25, -0.2) is 0 Å². The molecule has 18 heavy (non-hydrogen) atoms. The van der Waals surface area contributed by atoms with Crippen LogP contribution in [0, 0.1) is 0 Å². The highest BCUT2D eigenvalue weighted by Crippen LogP contribution is 2.18. The van der Waals surface area contributed by atoms with Gasteiger partial charge in [-0.15, -0.1) is 0 Å². The Hall–Kier alpha value is -1.51. The number of benzene rings is 1. The zero-order valence-electron chi connectivity index (χ0n) is 11.5. The molecular weight excluding hydrogens is 226 g/mol. The molecule has 1 rings (SSSR count). The molecular formula is C15H23NO2. The van der Waals surface area contributed by atoms with Crippen LogP contribution in [0.5, 0.6) is 5.75 Å². The molecule has 0 aliphatic rings. The van der Waals surface area contributed by atoms with Gasteiger partial charge in [0.2, 0.25) is 5.91 Å². The van der Waals surface area contributed by atoms with Crippen LogP contribution in [0.1, 0.15) is 45.1 Å². The van der Waals surface area contributed by atoms with E-state index in [4.69, 9.17) is 4.74 Å². The average molecular weight is 249 g/mol.